The van der Waals surface area contributed by atoms with Gasteiger partial charge in [0.15, 0.2) is 11.9 Å². The molecule has 0 unspecified atom stereocenters. The summed E-state index contributed by atoms with van der Waals surface area (Å²) in [5.74, 6) is -6.38. The maximum Gasteiger partial charge on any atom is 0.407 e. The Labute approximate surface area is 390 Å². The lowest BCUT2D eigenvalue weighted by atomic mass is 9.49. The first kappa shape index (κ1) is 51.6. The number of carbonyl (C=O) groups is 5. The summed E-state index contributed by atoms with van der Waals surface area (Å²) in [6.45, 7) is 13.2. The summed E-state index contributed by atoms with van der Waals surface area (Å²) in [5, 5.41) is 39.8. The maximum absolute atomic E-state index is 15.2. The molecule has 19 nitrogen and oxygen atoms in total. The zero-order valence-electron chi connectivity index (χ0n) is 39.7. The number of aliphatic hydroxyl groups excluding tert-OH is 2. The van der Waals surface area contributed by atoms with Gasteiger partial charge in [-0.15, -0.1) is 0 Å². The number of amides is 1. The molecule has 1 amide bonds. The molecule has 3 N–H and O–H groups in total. The Morgan fingerprint density at radius 1 is 1.01 bits per heavy atom. The van der Waals surface area contributed by atoms with Crippen LogP contribution in [0, 0.1) is 51.0 Å². The Hall–Kier alpha value is -4.79. The van der Waals surface area contributed by atoms with Crippen LogP contribution in [0.15, 0.2) is 58.4 Å². The quantitative estimate of drug-likeness (QED) is 0.0318. The van der Waals surface area contributed by atoms with E-state index in [4.69, 9.17) is 37.9 Å². The van der Waals surface area contributed by atoms with E-state index in [-0.39, 0.29) is 50.1 Å². The minimum atomic E-state index is -2.16. The van der Waals surface area contributed by atoms with Gasteiger partial charge in [0.2, 0.25) is 11.3 Å². The number of alkyl carbamates (subject to hydrolysis) is 1. The van der Waals surface area contributed by atoms with Gasteiger partial charge in [-0.25, -0.2) is 14.4 Å². The Morgan fingerprint density at radius 2 is 1.72 bits per heavy atom. The van der Waals surface area contributed by atoms with Gasteiger partial charge in [-0.1, -0.05) is 50.6 Å². The van der Waals surface area contributed by atoms with E-state index in [9.17, 15) is 39.5 Å². The molecule has 2 saturated heterocycles. The van der Waals surface area contributed by atoms with E-state index >= 15 is 4.79 Å². The average molecular weight is 943 g/mol. The van der Waals surface area contributed by atoms with Gasteiger partial charge in [0.1, 0.15) is 36.4 Å². The largest absolute Gasteiger partial charge is 0.511 e. The van der Waals surface area contributed by atoms with Gasteiger partial charge in [-0.05, 0) is 68.6 Å². The molecular formula is C48H66N2O17. The number of aliphatic hydroxyl groups is 2. The Bertz CT molecular complexity index is 2100. The third-order valence-electron chi connectivity index (χ3n) is 15.0. The van der Waals surface area contributed by atoms with Crippen LogP contribution >= 0.6 is 0 Å². The number of Topliss-reactive ketones (excluding diaryl/α,β-unsaturated/α-hetero) is 1. The van der Waals surface area contributed by atoms with Crippen molar-refractivity contribution in [3.63, 3.8) is 0 Å². The molecule has 0 radical (unpaired) electrons. The minimum absolute atomic E-state index is 0.0111. The Balaban J connectivity index is 1.43. The SMILES string of the molecule is COCCOCCOCC(=O)O[C@@H]1[C@H]2C=C[C@H]3/C(C)=C\C[C@H](O[C@H]4C[C@](C)([N+](=O)[O-])[C@@H](NC(=O)OC)[C@@H](C)O4)/C(C)=C/[C@@H]4[C@@H](O)C=C(C=O)C[C@]45OC(=O)/C(=C(\O)[C@@]3(C)[C@@H]2[C@@H](C)C[C@@H]1C)C5=O. The van der Waals surface area contributed by atoms with Gasteiger partial charge in [0.05, 0.1) is 64.2 Å². The van der Waals surface area contributed by atoms with Gasteiger partial charge in [0, 0.05) is 42.6 Å². The van der Waals surface area contributed by atoms with Crippen molar-refractivity contribution in [2.45, 2.75) is 122 Å². The molecule has 2 heterocycles. The zero-order chi connectivity index (χ0) is 49.2. The highest BCUT2D eigenvalue weighted by molar-refractivity contribution is 6.26. The van der Waals surface area contributed by atoms with Crippen LogP contribution in [0.2, 0.25) is 0 Å². The number of allylic oxidation sites excluding steroid dienone is 3. The molecule has 19 heteroatoms. The number of ether oxygens (including phenoxy) is 8. The van der Waals surface area contributed by atoms with Crippen LogP contribution < -0.4 is 5.32 Å². The molecule has 2 bridgehead atoms. The first-order valence-corrected chi connectivity index (χ1v) is 22.9. The summed E-state index contributed by atoms with van der Waals surface area (Å²) in [4.78, 5) is 79.6. The van der Waals surface area contributed by atoms with Crippen molar-refractivity contribution >= 4 is 30.1 Å². The number of esters is 2. The van der Waals surface area contributed by atoms with Crippen molar-refractivity contribution in [1.29, 1.82) is 0 Å². The summed E-state index contributed by atoms with van der Waals surface area (Å²) in [6.07, 6.45) is 2.97. The van der Waals surface area contributed by atoms with Crippen LogP contribution in [0.3, 0.4) is 0 Å². The fourth-order valence-electron chi connectivity index (χ4n) is 11.7. The van der Waals surface area contributed by atoms with Crippen LogP contribution in [0.25, 0.3) is 0 Å². The first-order chi connectivity index (χ1) is 31.7. The highest BCUT2D eigenvalue weighted by atomic mass is 16.7. The normalized spacial score (nSPS) is 41.1. The Morgan fingerprint density at radius 3 is 2.39 bits per heavy atom. The fourth-order valence-corrected chi connectivity index (χ4v) is 11.7. The van der Waals surface area contributed by atoms with E-state index in [1.54, 1.807) is 34.0 Å². The average Bonchev–Trinajstić information content (AvgIpc) is 3.52. The molecule has 2 aliphatic heterocycles. The molecule has 6 rings (SSSR count). The van der Waals surface area contributed by atoms with Crippen LogP contribution in [0.1, 0.15) is 74.1 Å². The number of nitrogens with zero attached hydrogens (tertiary/aromatic N) is 1. The van der Waals surface area contributed by atoms with Gasteiger partial charge < -0.3 is 53.4 Å². The molecule has 1 spiro atoms. The third-order valence-corrected chi connectivity index (χ3v) is 15.0. The second-order valence-electron chi connectivity index (χ2n) is 19.4. The highest BCUT2D eigenvalue weighted by Crippen LogP contribution is 2.60. The number of nitro groups is 1. The topological polar surface area (TPSA) is 255 Å². The monoisotopic (exact) mass is 942 g/mol. The van der Waals surface area contributed by atoms with E-state index in [0.29, 0.717) is 31.5 Å². The lowest BCUT2D eigenvalue weighted by Crippen LogP contribution is -2.65. The molecule has 1 saturated carbocycles. The maximum atomic E-state index is 15.2. The van der Waals surface area contributed by atoms with Crippen LogP contribution in [-0.2, 0) is 57.1 Å². The number of carbonyl (C=O) groups excluding carboxylic acids is 5. The van der Waals surface area contributed by atoms with Gasteiger partial charge in [0.25, 0.3) is 0 Å². The van der Waals surface area contributed by atoms with Crippen LogP contribution in [0.4, 0.5) is 4.79 Å². The van der Waals surface area contributed by atoms with Gasteiger partial charge >= 0.3 is 18.0 Å². The number of ketones is 1. The number of fused-ring (bicyclic) bond motifs is 4. The number of hydrogen-bond donors (Lipinski definition) is 3. The summed E-state index contributed by atoms with van der Waals surface area (Å²) >= 11 is 0. The van der Waals surface area contributed by atoms with Crippen molar-refractivity contribution in [2.75, 3.05) is 47.3 Å². The van der Waals surface area contributed by atoms with E-state index in [1.807, 2.05) is 39.0 Å². The predicted molar refractivity (Wildman–Crippen MR) is 236 cm³/mol. The van der Waals surface area contributed by atoms with Gasteiger partial charge in [-0.2, -0.15) is 0 Å². The zero-order valence-corrected chi connectivity index (χ0v) is 39.7. The van der Waals surface area contributed by atoms with E-state index < -0.39 is 123 Å². The summed E-state index contributed by atoms with van der Waals surface area (Å²) in [6, 6.07) is -1.10. The van der Waals surface area contributed by atoms with Gasteiger partial charge in [-0.3, -0.25) is 19.7 Å². The number of hydrogen-bond acceptors (Lipinski definition) is 17. The predicted octanol–water partition coefficient (Wildman–Crippen LogP) is 4.44. The summed E-state index contributed by atoms with van der Waals surface area (Å²) in [7, 11) is 2.71. The smallest absolute Gasteiger partial charge is 0.407 e. The summed E-state index contributed by atoms with van der Waals surface area (Å²) < 4.78 is 45.7. The lowest BCUT2D eigenvalue weighted by molar-refractivity contribution is -0.584. The molecule has 0 aromatic carbocycles. The molecule has 4 aliphatic carbocycles. The molecule has 0 aromatic rings. The van der Waals surface area contributed by atoms with Crippen molar-refractivity contribution in [1.82, 2.24) is 5.32 Å². The second kappa shape index (κ2) is 20.8. The molecular weight excluding hydrogens is 877 g/mol. The molecule has 67 heavy (non-hydrogen) atoms. The van der Waals surface area contributed by atoms with E-state index in [0.717, 1.165) is 12.7 Å². The number of aldehydes is 1. The van der Waals surface area contributed by atoms with E-state index in [2.05, 4.69) is 5.32 Å². The highest BCUT2D eigenvalue weighted by Gasteiger charge is 2.64. The third kappa shape index (κ3) is 9.90. The molecule has 6 aliphatic rings. The minimum Gasteiger partial charge on any atom is -0.511 e. The van der Waals surface area contributed by atoms with Crippen molar-refractivity contribution in [3.8, 4) is 0 Å². The standard InChI is InChI=1S/C48H66N2O17/c1-25-10-13-35(65-37-22-46(6,50(58)59)41(29(5)64-37)49-45(57)61-9)26(2)19-33-34(52)20-30(23-51)21-48(33)43(55)38(44(56)67-48)42(54)47(7)32(25)12-11-31-39(47)27(3)18-28(4)40(31)66-36(53)24-63-17-16-62-15-14-60-8/h10-12,19-20,23,27-29,31-35,37,39-41,52,54H,13-18,21-22,24H2,1-9H3,(H,49,57)/b25-10-,26-19+,42-38-/t27-,28-,29+,31-,32-,33+,34-,35-,37-,39+,40-,41-,46-,47+,48-/m0/s1. The lowest BCUT2D eigenvalue weighted by Gasteiger charge is -2.56. The molecule has 15 atom stereocenters. The van der Waals surface area contributed by atoms with Crippen molar-refractivity contribution < 1.29 is 77.0 Å². The van der Waals surface area contributed by atoms with Crippen LogP contribution in [-0.4, -0.2) is 140 Å². The number of rotatable bonds is 14. The fraction of sp³-hybridized carbons (Fsp3) is 0.688. The molecule has 370 valence electrons. The Kier molecular flexibility index (Phi) is 16.0. The number of methoxy groups -OCH3 is 2. The molecule has 3 fully saturated rings. The van der Waals surface area contributed by atoms with Crippen LogP contribution in [0.5, 0.6) is 0 Å². The van der Waals surface area contributed by atoms with Crippen molar-refractivity contribution in [3.05, 3.63) is 68.5 Å². The molecule has 0 aromatic heterocycles. The van der Waals surface area contributed by atoms with Crippen molar-refractivity contribution in [2.24, 2.45) is 40.9 Å². The number of nitrogens with one attached hydrogen (secondary N) is 1. The van der Waals surface area contributed by atoms with E-state index in [1.165, 1.54) is 13.0 Å². The summed E-state index contributed by atoms with van der Waals surface area (Å²) in [5.41, 5.74) is -4.76. The first-order valence-electron chi connectivity index (χ1n) is 22.9. The second-order valence-corrected chi connectivity index (χ2v) is 19.4.